The highest BCUT2D eigenvalue weighted by Gasteiger charge is 2.06. The summed E-state index contributed by atoms with van der Waals surface area (Å²) in [6, 6.07) is 0. The maximum absolute atomic E-state index is 10.2. The molecule has 0 fully saturated rings. The highest BCUT2D eigenvalue weighted by Crippen LogP contribution is 1.90. The number of hydrogen-bond acceptors (Lipinski definition) is 5. The summed E-state index contributed by atoms with van der Waals surface area (Å²) in [7, 11) is -3.92. The van der Waals surface area contributed by atoms with Gasteiger partial charge < -0.3 is 0 Å². The molecule has 0 unspecified atom stereocenters. The van der Waals surface area contributed by atoms with Crippen molar-refractivity contribution in [2.45, 2.75) is 6.42 Å². The molecule has 0 radical (unpaired) electrons. The standard InChI is InChI=1S/C3H6N4O3S/c8-11(9,10)2-1-3-4-6-7-5-3/h1-2H2,(H,8,9,10)(H,4,5,6,7). The van der Waals surface area contributed by atoms with Crippen LogP contribution < -0.4 is 0 Å². The Hall–Kier alpha value is -1.02. The number of aromatic nitrogens is 4. The van der Waals surface area contributed by atoms with Gasteiger partial charge in [-0.25, -0.2) is 5.10 Å². The fourth-order valence-electron chi connectivity index (χ4n) is 0.510. The van der Waals surface area contributed by atoms with E-state index in [1.165, 1.54) is 0 Å². The average Bonchev–Trinajstić information content (AvgIpc) is 2.32. The first-order valence-electron chi connectivity index (χ1n) is 2.76. The van der Waals surface area contributed by atoms with E-state index in [0.29, 0.717) is 5.82 Å². The third-order valence-corrected chi connectivity index (χ3v) is 1.71. The lowest BCUT2D eigenvalue weighted by molar-refractivity contribution is 0.482. The Morgan fingerprint density at radius 3 is 2.73 bits per heavy atom. The summed E-state index contributed by atoms with van der Waals surface area (Å²) < 4.78 is 28.7. The van der Waals surface area contributed by atoms with Gasteiger partial charge in [0, 0.05) is 6.42 Å². The molecule has 7 nitrogen and oxygen atoms in total. The Morgan fingerprint density at radius 2 is 2.27 bits per heavy atom. The van der Waals surface area contributed by atoms with Crippen molar-refractivity contribution in [1.82, 2.24) is 20.6 Å². The molecule has 0 bridgehead atoms. The lowest BCUT2D eigenvalue weighted by atomic mass is 10.5. The van der Waals surface area contributed by atoms with Crippen LogP contribution in [-0.4, -0.2) is 39.3 Å². The van der Waals surface area contributed by atoms with Gasteiger partial charge in [-0.2, -0.15) is 8.42 Å². The number of tetrazole rings is 1. The van der Waals surface area contributed by atoms with Crippen molar-refractivity contribution >= 4 is 10.1 Å². The van der Waals surface area contributed by atoms with Crippen LogP contribution in [-0.2, 0) is 16.5 Å². The van der Waals surface area contributed by atoms with E-state index in [9.17, 15) is 8.42 Å². The molecule has 1 aromatic rings. The molecule has 11 heavy (non-hydrogen) atoms. The fraction of sp³-hybridized carbons (Fsp3) is 0.667. The van der Waals surface area contributed by atoms with E-state index in [4.69, 9.17) is 4.55 Å². The molecular weight excluding hydrogens is 172 g/mol. The molecule has 0 aliphatic carbocycles. The molecular formula is C3H6N4O3S. The van der Waals surface area contributed by atoms with Crippen molar-refractivity contribution in [3.05, 3.63) is 5.82 Å². The third-order valence-electron chi connectivity index (χ3n) is 0.986. The normalized spacial score (nSPS) is 11.7. The largest absolute Gasteiger partial charge is 0.286 e. The van der Waals surface area contributed by atoms with Gasteiger partial charge in [-0.15, -0.1) is 5.10 Å². The highest BCUT2D eigenvalue weighted by atomic mass is 32.2. The second kappa shape index (κ2) is 2.93. The van der Waals surface area contributed by atoms with E-state index in [2.05, 4.69) is 20.6 Å². The summed E-state index contributed by atoms with van der Waals surface area (Å²) in [5.74, 6) is -0.0354. The summed E-state index contributed by atoms with van der Waals surface area (Å²) >= 11 is 0. The van der Waals surface area contributed by atoms with Crippen LogP contribution in [0.15, 0.2) is 0 Å². The molecule has 1 heterocycles. The summed E-state index contributed by atoms with van der Waals surface area (Å²) in [5, 5.41) is 12.2. The van der Waals surface area contributed by atoms with Crippen molar-refractivity contribution in [1.29, 1.82) is 0 Å². The Kier molecular flexibility index (Phi) is 2.15. The number of hydrogen-bond donors (Lipinski definition) is 2. The van der Waals surface area contributed by atoms with Crippen LogP contribution in [0.3, 0.4) is 0 Å². The number of nitrogens with one attached hydrogen (secondary N) is 1. The van der Waals surface area contributed by atoms with Crippen molar-refractivity contribution in [2.24, 2.45) is 0 Å². The van der Waals surface area contributed by atoms with Crippen LogP contribution in [0.4, 0.5) is 0 Å². The minimum absolute atomic E-state index is 0.0891. The molecule has 8 heteroatoms. The molecule has 0 saturated heterocycles. The van der Waals surface area contributed by atoms with E-state index >= 15 is 0 Å². The van der Waals surface area contributed by atoms with Gasteiger partial charge in [-0.05, 0) is 10.4 Å². The van der Waals surface area contributed by atoms with E-state index in [0.717, 1.165) is 0 Å². The molecule has 0 aromatic carbocycles. The van der Waals surface area contributed by atoms with E-state index in [-0.39, 0.29) is 12.2 Å². The molecule has 2 N–H and O–H groups in total. The van der Waals surface area contributed by atoms with Gasteiger partial charge in [-0.1, -0.05) is 0 Å². The zero-order valence-electron chi connectivity index (χ0n) is 5.43. The summed E-state index contributed by atoms with van der Waals surface area (Å²) in [6.45, 7) is 0. The predicted octanol–water partition coefficient (Wildman–Crippen LogP) is -1.37. The van der Waals surface area contributed by atoms with E-state index in [1.54, 1.807) is 0 Å². The topological polar surface area (TPSA) is 109 Å². The predicted molar refractivity (Wildman–Crippen MR) is 34.3 cm³/mol. The fourth-order valence-corrected chi connectivity index (χ4v) is 0.962. The van der Waals surface area contributed by atoms with Gasteiger partial charge >= 0.3 is 0 Å². The zero-order valence-corrected chi connectivity index (χ0v) is 6.24. The quantitative estimate of drug-likeness (QED) is 0.553. The third kappa shape index (κ3) is 3.05. The van der Waals surface area contributed by atoms with Crippen LogP contribution in [0.1, 0.15) is 5.82 Å². The Balaban J connectivity index is 2.48. The number of aromatic amines is 1. The van der Waals surface area contributed by atoms with Gasteiger partial charge in [0.2, 0.25) is 0 Å². The van der Waals surface area contributed by atoms with Crippen molar-refractivity contribution in [3.63, 3.8) is 0 Å². The van der Waals surface area contributed by atoms with Crippen LogP contribution in [0.5, 0.6) is 0 Å². The summed E-state index contributed by atoms with van der Waals surface area (Å²) in [6.07, 6.45) is 0.0891. The molecule has 0 spiro atoms. The average molecular weight is 178 g/mol. The SMILES string of the molecule is O=S(=O)(O)CCc1nnn[nH]1. The van der Waals surface area contributed by atoms with Crippen LogP contribution in [0, 0.1) is 0 Å². The van der Waals surface area contributed by atoms with Gasteiger partial charge in [0.05, 0.1) is 5.75 Å². The highest BCUT2D eigenvalue weighted by molar-refractivity contribution is 7.85. The number of nitrogens with zero attached hydrogens (tertiary/aromatic N) is 3. The minimum atomic E-state index is -3.92. The zero-order chi connectivity index (χ0) is 8.32. The van der Waals surface area contributed by atoms with Gasteiger partial charge in [0.1, 0.15) is 5.82 Å². The maximum atomic E-state index is 10.2. The molecule has 1 rings (SSSR count). The summed E-state index contributed by atoms with van der Waals surface area (Å²) in [4.78, 5) is 0. The van der Waals surface area contributed by atoms with E-state index < -0.39 is 10.1 Å². The first-order valence-corrected chi connectivity index (χ1v) is 4.36. The lowest BCUT2D eigenvalue weighted by Crippen LogP contribution is -2.07. The van der Waals surface area contributed by atoms with Crippen molar-refractivity contribution in [3.8, 4) is 0 Å². The molecule has 1 aromatic heterocycles. The van der Waals surface area contributed by atoms with Gasteiger partial charge in [-0.3, -0.25) is 4.55 Å². The van der Waals surface area contributed by atoms with E-state index in [1.807, 2.05) is 0 Å². The number of H-pyrrole nitrogens is 1. The molecule has 0 aliphatic heterocycles. The second-order valence-electron chi connectivity index (χ2n) is 1.88. The molecule has 0 amide bonds. The van der Waals surface area contributed by atoms with Crippen molar-refractivity contribution < 1.29 is 13.0 Å². The van der Waals surface area contributed by atoms with Crippen LogP contribution >= 0.6 is 0 Å². The molecule has 0 atom stereocenters. The minimum Gasteiger partial charge on any atom is -0.286 e. The Morgan fingerprint density at radius 1 is 1.55 bits per heavy atom. The first-order chi connectivity index (χ1) is 5.08. The Labute approximate surface area is 62.6 Å². The maximum Gasteiger partial charge on any atom is 0.265 e. The molecule has 0 saturated carbocycles. The number of aryl methyl sites for hydroxylation is 1. The van der Waals surface area contributed by atoms with Crippen LogP contribution in [0.2, 0.25) is 0 Å². The first kappa shape index (κ1) is 8.08. The van der Waals surface area contributed by atoms with Gasteiger partial charge in [0.15, 0.2) is 0 Å². The smallest absolute Gasteiger partial charge is 0.265 e. The molecule has 62 valence electrons. The lowest BCUT2D eigenvalue weighted by Gasteiger charge is -1.90. The Bertz CT molecular complexity index is 303. The van der Waals surface area contributed by atoms with Crippen LogP contribution in [0.25, 0.3) is 0 Å². The van der Waals surface area contributed by atoms with Gasteiger partial charge in [0.25, 0.3) is 10.1 Å². The van der Waals surface area contributed by atoms with Crippen molar-refractivity contribution in [2.75, 3.05) is 5.75 Å². The second-order valence-corrected chi connectivity index (χ2v) is 3.46. The monoisotopic (exact) mass is 178 g/mol. The number of rotatable bonds is 3. The molecule has 0 aliphatic rings. The summed E-state index contributed by atoms with van der Waals surface area (Å²) in [5.41, 5.74) is 0.